The van der Waals surface area contributed by atoms with Crippen LogP contribution in [-0.4, -0.2) is 34.2 Å². The Balaban J connectivity index is 1.96. The first-order valence-electron chi connectivity index (χ1n) is 7.31. The monoisotopic (exact) mass is 405 g/mol. The summed E-state index contributed by atoms with van der Waals surface area (Å²) in [5, 5.41) is 2.89. The van der Waals surface area contributed by atoms with Crippen LogP contribution in [0, 0.1) is 6.92 Å². The standard InChI is InChI=1S/C15H14F3N3O3S2/c1-3-24-13(23)12-8(2)6-11(26-12)21-10(22)7-25-14-19-5-4-9(20-14)15(16,17)18/h4-6H,3,7H2,1-2H3,(H,21,22). The van der Waals surface area contributed by atoms with Gasteiger partial charge in [-0.2, -0.15) is 13.2 Å². The molecule has 2 aromatic heterocycles. The number of thiophene rings is 1. The number of amides is 1. The van der Waals surface area contributed by atoms with E-state index in [0.717, 1.165) is 35.4 Å². The highest BCUT2D eigenvalue weighted by molar-refractivity contribution is 7.99. The van der Waals surface area contributed by atoms with Crippen LogP contribution < -0.4 is 5.32 Å². The summed E-state index contributed by atoms with van der Waals surface area (Å²) >= 11 is 1.85. The number of aryl methyl sites for hydroxylation is 1. The lowest BCUT2D eigenvalue weighted by Crippen LogP contribution is -2.14. The number of aromatic nitrogens is 2. The molecule has 140 valence electrons. The van der Waals surface area contributed by atoms with Crippen molar-refractivity contribution in [2.45, 2.75) is 25.2 Å². The van der Waals surface area contributed by atoms with Gasteiger partial charge >= 0.3 is 12.1 Å². The predicted molar refractivity (Wildman–Crippen MR) is 91.4 cm³/mol. The number of nitrogens with zero attached hydrogens (tertiary/aromatic N) is 2. The zero-order valence-electron chi connectivity index (χ0n) is 13.7. The lowest BCUT2D eigenvalue weighted by atomic mass is 10.3. The van der Waals surface area contributed by atoms with Crippen molar-refractivity contribution >= 4 is 40.0 Å². The van der Waals surface area contributed by atoms with E-state index in [0.29, 0.717) is 15.4 Å². The number of hydrogen-bond donors (Lipinski definition) is 1. The Morgan fingerprint density at radius 2 is 2.12 bits per heavy atom. The fraction of sp³-hybridized carbons (Fsp3) is 0.333. The van der Waals surface area contributed by atoms with E-state index in [9.17, 15) is 22.8 Å². The lowest BCUT2D eigenvalue weighted by molar-refractivity contribution is -0.141. The Kier molecular flexibility index (Phi) is 6.59. The molecule has 0 radical (unpaired) electrons. The summed E-state index contributed by atoms with van der Waals surface area (Å²) in [6, 6.07) is 2.38. The van der Waals surface area contributed by atoms with E-state index in [2.05, 4.69) is 15.3 Å². The van der Waals surface area contributed by atoms with Gasteiger partial charge < -0.3 is 10.1 Å². The quantitative estimate of drug-likeness (QED) is 0.448. The van der Waals surface area contributed by atoms with E-state index < -0.39 is 23.7 Å². The third kappa shape index (κ3) is 5.43. The van der Waals surface area contributed by atoms with Crippen LogP contribution in [-0.2, 0) is 15.7 Å². The maximum atomic E-state index is 12.6. The average Bonchev–Trinajstić information content (AvgIpc) is 2.93. The summed E-state index contributed by atoms with van der Waals surface area (Å²) in [4.78, 5) is 31.2. The van der Waals surface area contributed by atoms with Crippen LogP contribution in [0.25, 0.3) is 0 Å². The zero-order valence-corrected chi connectivity index (χ0v) is 15.3. The molecule has 0 aromatic carbocycles. The molecule has 26 heavy (non-hydrogen) atoms. The first kappa shape index (κ1) is 20.2. The van der Waals surface area contributed by atoms with Crippen LogP contribution >= 0.6 is 23.1 Å². The molecule has 6 nitrogen and oxygen atoms in total. The molecular formula is C15H14F3N3O3S2. The summed E-state index contributed by atoms with van der Waals surface area (Å²) in [7, 11) is 0. The number of halogens is 3. The number of carbonyl (C=O) groups excluding carboxylic acids is 2. The van der Waals surface area contributed by atoms with Crippen molar-refractivity contribution in [2.24, 2.45) is 0 Å². The normalized spacial score (nSPS) is 11.3. The summed E-state index contributed by atoms with van der Waals surface area (Å²) in [6.45, 7) is 3.64. The third-order valence-corrected chi connectivity index (χ3v) is 4.89. The van der Waals surface area contributed by atoms with Gasteiger partial charge in [0.15, 0.2) is 5.16 Å². The van der Waals surface area contributed by atoms with Gasteiger partial charge in [0.2, 0.25) is 5.91 Å². The van der Waals surface area contributed by atoms with Crippen molar-refractivity contribution in [1.82, 2.24) is 9.97 Å². The summed E-state index contributed by atoms with van der Waals surface area (Å²) in [5.41, 5.74) is -0.402. The highest BCUT2D eigenvalue weighted by atomic mass is 32.2. The van der Waals surface area contributed by atoms with Crippen molar-refractivity contribution in [3.63, 3.8) is 0 Å². The van der Waals surface area contributed by atoms with Crippen LogP contribution in [0.1, 0.15) is 27.9 Å². The molecule has 0 spiro atoms. The number of hydrogen-bond acceptors (Lipinski definition) is 7. The van der Waals surface area contributed by atoms with E-state index in [-0.39, 0.29) is 17.5 Å². The molecule has 0 aliphatic heterocycles. The molecule has 2 rings (SSSR count). The summed E-state index contributed by atoms with van der Waals surface area (Å²) < 4.78 is 42.7. The van der Waals surface area contributed by atoms with E-state index in [4.69, 9.17) is 4.74 Å². The molecule has 1 N–H and O–H groups in total. The summed E-state index contributed by atoms with van der Waals surface area (Å²) in [6.07, 6.45) is -3.58. The second-order valence-corrected chi connectivity index (χ2v) is 6.90. The van der Waals surface area contributed by atoms with Crippen LogP contribution in [0.2, 0.25) is 0 Å². The molecule has 0 saturated carbocycles. The zero-order chi connectivity index (χ0) is 19.3. The smallest absolute Gasteiger partial charge is 0.433 e. The van der Waals surface area contributed by atoms with Gasteiger partial charge in [-0.15, -0.1) is 11.3 Å². The maximum absolute atomic E-state index is 12.6. The Morgan fingerprint density at radius 1 is 1.38 bits per heavy atom. The topological polar surface area (TPSA) is 81.2 Å². The molecule has 2 heterocycles. The number of carbonyl (C=O) groups is 2. The van der Waals surface area contributed by atoms with E-state index in [1.54, 1.807) is 19.9 Å². The Bertz CT molecular complexity index is 809. The second kappa shape index (κ2) is 8.49. The predicted octanol–water partition coefficient (Wildman–Crippen LogP) is 3.77. The van der Waals surface area contributed by atoms with Crippen molar-refractivity contribution in [1.29, 1.82) is 0 Å². The van der Waals surface area contributed by atoms with Crippen LogP contribution in [0.15, 0.2) is 23.5 Å². The van der Waals surface area contributed by atoms with Crippen LogP contribution in [0.3, 0.4) is 0 Å². The molecule has 11 heteroatoms. The van der Waals surface area contributed by atoms with E-state index in [1.807, 2.05) is 0 Å². The van der Waals surface area contributed by atoms with Gasteiger partial charge in [-0.25, -0.2) is 14.8 Å². The second-order valence-electron chi connectivity index (χ2n) is 4.90. The first-order valence-corrected chi connectivity index (χ1v) is 9.11. The highest BCUT2D eigenvalue weighted by Crippen LogP contribution is 2.29. The molecule has 0 saturated heterocycles. The lowest BCUT2D eigenvalue weighted by Gasteiger charge is -2.06. The molecule has 0 aliphatic carbocycles. The number of nitrogens with one attached hydrogen (secondary N) is 1. The minimum atomic E-state index is -4.57. The summed E-state index contributed by atoms with van der Waals surface area (Å²) in [5.74, 6) is -1.09. The molecule has 0 aliphatic rings. The number of rotatable bonds is 6. The number of alkyl halides is 3. The third-order valence-electron chi connectivity index (χ3n) is 2.90. The van der Waals surface area contributed by atoms with Gasteiger partial charge in [-0.05, 0) is 31.5 Å². The first-order chi connectivity index (χ1) is 12.2. The van der Waals surface area contributed by atoms with Gasteiger partial charge in [0.25, 0.3) is 0 Å². The molecule has 0 fully saturated rings. The highest BCUT2D eigenvalue weighted by Gasteiger charge is 2.32. The molecule has 2 aromatic rings. The fourth-order valence-corrected chi connectivity index (χ4v) is 3.43. The molecule has 0 atom stereocenters. The average molecular weight is 405 g/mol. The Hall–Kier alpha value is -2.14. The van der Waals surface area contributed by atoms with Gasteiger partial charge in [0.1, 0.15) is 10.6 Å². The van der Waals surface area contributed by atoms with Crippen molar-refractivity contribution in [3.05, 3.63) is 34.5 Å². The molecular weight excluding hydrogens is 391 g/mol. The van der Waals surface area contributed by atoms with Gasteiger partial charge in [0, 0.05) is 6.20 Å². The van der Waals surface area contributed by atoms with E-state index in [1.165, 1.54) is 0 Å². The van der Waals surface area contributed by atoms with Gasteiger partial charge in [-0.3, -0.25) is 4.79 Å². The van der Waals surface area contributed by atoms with Crippen molar-refractivity contribution in [3.8, 4) is 0 Å². The van der Waals surface area contributed by atoms with E-state index >= 15 is 0 Å². The Labute approximate surface area is 155 Å². The minimum Gasteiger partial charge on any atom is -0.462 e. The number of thioether (sulfide) groups is 1. The van der Waals surface area contributed by atoms with Crippen LogP contribution in [0.5, 0.6) is 0 Å². The van der Waals surface area contributed by atoms with Crippen LogP contribution in [0.4, 0.5) is 18.2 Å². The number of anilines is 1. The molecule has 1 amide bonds. The molecule has 0 unspecified atom stereocenters. The molecule has 0 bridgehead atoms. The van der Waals surface area contributed by atoms with Gasteiger partial charge in [-0.1, -0.05) is 11.8 Å². The fourth-order valence-electron chi connectivity index (χ4n) is 1.81. The largest absolute Gasteiger partial charge is 0.462 e. The van der Waals surface area contributed by atoms with Gasteiger partial charge in [0.05, 0.1) is 17.4 Å². The van der Waals surface area contributed by atoms with Crippen molar-refractivity contribution in [2.75, 3.05) is 17.7 Å². The SMILES string of the molecule is CCOC(=O)c1sc(NC(=O)CSc2nccc(C(F)(F)F)n2)cc1C. The maximum Gasteiger partial charge on any atom is 0.433 e. The Morgan fingerprint density at radius 3 is 2.77 bits per heavy atom. The number of ether oxygens (including phenoxy) is 1. The number of esters is 1. The minimum absolute atomic E-state index is 0.149. The van der Waals surface area contributed by atoms with Crippen molar-refractivity contribution < 1.29 is 27.5 Å².